The van der Waals surface area contributed by atoms with Crippen LogP contribution in [0.1, 0.15) is 118 Å². The van der Waals surface area contributed by atoms with Crippen LogP contribution in [-0.2, 0) is 18.0 Å². The van der Waals surface area contributed by atoms with Crippen LogP contribution in [0.5, 0.6) is 23.0 Å². The van der Waals surface area contributed by atoms with Crippen LogP contribution < -0.4 is 35.6 Å². The Bertz CT molecular complexity index is 4060. The fourth-order valence-corrected chi connectivity index (χ4v) is 12.3. The molecule has 0 aliphatic carbocycles. The van der Waals surface area contributed by atoms with Gasteiger partial charge in [-0.25, -0.2) is 9.80 Å². The second kappa shape index (κ2) is 19.5. The molecule has 0 atom stereocenters. The van der Waals surface area contributed by atoms with Gasteiger partial charge in [0.15, 0.2) is 0 Å². The van der Waals surface area contributed by atoms with E-state index in [1.54, 1.807) is 72.8 Å². The van der Waals surface area contributed by atoms with Crippen LogP contribution in [0.4, 0.5) is 28.4 Å². The highest BCUT2D eigenvalue weighted by Gasteiger charge is 2.39. The number of unbranched alkanes of at least 4 members (excludes halogenated alkanes) is 6. The van der Waals surface area contributed by atoms with Gasteiger partial charge in [-0.2, -0.15) is 0 Å². The van der Waals surface area contributed by atoms with Crippen LogP contribution in [0.15, 0.2) is 140 Å². The lowest BCUT2D eigenvalue weighted by Crippen LogP contribution is -2.40. The van der Waals surface area contributed by atoms with Crippen molar-refractivity contribution in [1.29, 1.82) is 0 Å². The standard InChI is InChI=1S/C66H57N5O7/c1-3-5-7-9-32-69(33-10-8-6-4-2)53-31-30-50-57-46(53)12-11-13-49(57)63(72)70(64(50)73)43-21-25-45(26-22-43)78-55-35-52-58-51(65(74)71(66(52)75)42-19-15-40(67)16-20-42)29-28-48-59-54(77-44-23-17-41(68)18-24-44)34-39-37-76-36-38-14-27-47(60(55)62(48)58)61(59)56(38)39/h11-31,34-35H,3-10,32-33,36-37,67-68H2,1-2H3. The monoisotopic (exact) mass is 1030 g/mol. The first-order valence-corrected chi connectivity index (χ1v) is 27.2. The molecule has 10 aromatic carbocycles. The van der Waals surface area contributed by atoms with Crippen molar-refractivity contribution in [1.82, 2.24) is 0 Å². The van der Waals surface area contributed by atoms with Crippen LogP contribution in [0.2, 0.25) is 0 Å². The molecule has 10 aromatic rings. The van der Waals surface area contributed by atoms with Crippen LogP contribution >= 0.6 is 0 Å². The summed E-state index contributed by atoms with van der Waals surface area (Å²) in [6, 6.07) is 42.1. The number of ether oxygens (including phenoxy) is 3. The number of nitrogens with zero attached hydrogens (tertiary/aromatic N) is 3. The number of carbonyl (C=O) groups is 4. The zero-order valence-corrected chi connectivity index (χ0v) is 43.6. The maximum Gasteiger partial charge on any atom is 0.266 e. The first kappa shape index (κ1) is 48.6. The van der Waals surface area contributed by atoms with Crippen LogP contribution in [0.3, 0.4) is 0 Å². The van der Waals surface area contributed by atoms with Crippen molar-refractivity contribution in [2.75, 3.05) is 39.3 Å². The molecule has 0 aromatic heterocycles. The summed E-state index contributed by atoms with van der Waals surface area (Å²) >= 11 is 0. The maximum absolute atomic E-state index is 15.1. The Morgan fingerprint density at radius 2 is 0.949 bits per heavy atom. The number of hydrogen-bond acceptors (Lipinski definition) is 10. The molecule has 3 aliphatic heterocycles. The number of benzene rings is 10. The number of nitrogen functional groups attached to an aromatic ring is 2. The maximum atomic E-state index is 15.1. The summed E-state index contributed by atoms with van der Waals surface area (Å²) in [6.45, 7) is 7.06. The van der Waals surface area contributed by atoms with Gasteiger partial charge < -0.3 is 30.6 Å². The Morgan fingerprint density at radius 3 is 1.58 bits per heavy atom. The third-order valence-corrected chi connectivity index (χ3v) is 16.0. The molecule has 3 heterocycles. The molecule has 78 heavy (non-hydrogen) atoms. The molecular weight excluding hydrogens is 975 g/mol. The molecule has 4 amide bonds. The Labute approximate surface area is 451 Å². The minimum absolute atomic E-state index is 0.272. The van der Waals surface area contributed by atoms with E-state index in [0.29, 0.717) is 97.2 Å². The molecule has 0 saturated heterocycles. The second-order valence-electron chi connectivity index (χ2n) is 20.9. The minimum atomic E-state index is -0.524. The van der Waals surface area contributed by atoms with E-state index in [2.05, 4.69) is 36.9 Å². The van der Waals surface area contributed by atoms with Crippen molar-refractivity contribution >= 4 is 106 Å². The lowest BCUT2D eigenvalue weighted by molar-refractivity contribution is 0.0877. The molecule has 0 unspecified atom stereocenters. The van der Waals surface area contributed by atoms with Gasteiger partial charge in [-0.1, -0.05) is 82.7 Å². The number of amides is 4. The molecule has 12 heteroatoms. The number of rotatable bonds is 17. The highest BCUT2D eigenvalue weighted by Crippen LogP contribution is 2.53. The Kier molecular flexibility index (Phi) is 12.2. The van der Waals surface area contributed by atoms with Crippen LogP contribution in [0, 0.1) is 0 Å². The van der Waals surface area contributed by atoms with Gasteiger partial charge in [0.05, 0.1) is 30.2 Å². The van der Waals surface area contributed by atoms with Crippen LogP contribution in [-0.4, -0.2) is 36.7 Å². The third kappa shape index (κ3) is 7.92. The first-order valence-electron chi connectivity index (χ1n) is 27.2. The minimum Gasteiger partial charge on any atom is -0.457 e. The molecule has 0 radical (unpaired) electrons. The van der Waals surface area contributed by atoms with Crippen molar-refractivity contribution in [2.24, 2.45) is 0 Å². The van der Waals surface area contributed by atoms with Gasteiger partial charge in [0.1, 0.15) is 23.0 Å². The Morgan fingerprint density at radius 1 is 0.449 bits per heavy atom. The van der Waals surface area contributed by atoms with Crippen molar-refractivity contribution in [2.45, 2.75) is 78.4 Å². The fourth-order valence-electron chi connectivity index (χ4n) is 12.3. The lowest BCUT2D eigenvalue weighted by Gasteiger charge is -2.31. The molecule has 0 spiro atoms. The summed E-state index contributed by atoms with van der Waals surface area (Å²) in [6.07, 6.45) is 9.17. The van der Waals surface area contributed by atoms with E-state index in [-0.39, 0.29) is 5.56 Å². The van der Waals surface area contributed by atoms with Crippen molar-refractivity contribution < 1.29 is 33.4 Å². The Balaban J connectivity index is 0.926. The SMILES string of the molecule is CCCCCCN(CCCCCC)c1ccc2c3c(cccc13)C(=O)N(c1ccc(Oc3cc4c5c(ccc6c7c(Oc8ccc(N)cc8)cc8c9c(ccc(c3c56)c97)COC8)C(=O)N(c3ccc(N)cc3)C4=O)cc1)C2=O. The number of hydrogen-bond donors (Lipinski definition) is 2. The number of imide groups is 2. The summed E-state index contributed by atoms with van der Waals surface area (Å²) in [7, 11) is 0. The van der Waals surface area contributed by atoms with Crippen molar-refractivity contribution in [3.8, 4) is 23.0 Å². The van der Waals surface area contributed by atoms with E-state index in [0.717, 1.165) is 101 Å². The fraction of sp³-hybridized carbons (Fsp3) is 0.212. The van der Waals surface area contributed by atoms with E-state index >= 15 is 4.79 Å². The number of anilines is 5. The highest BCUT2D eigenvalue weighted by atomic mass is 16.5. The van der Waals surface area contributed by atoms with Gasteiger partial charge in [0.2, 0.25) is 0 Å². The van der Waals surface area contributed by atoms with E-state index in [4.69, 9.17) is 25.7 Å². The molecule has 3 aliphatic rings. The summed E-state index contributed by atoms with van der Waals surface area (Å²) < 4.78 is 19.9. The zero-order valence-electron chi connectivity index (χ0n) is 43.6. The van der Waals surface area contributed by atoms with Gasteiger partial charge in [-0.05, 0) is 149 Å². The van der Waals surface area contributed by atoms with Gasteiger partial charge in [0, 0.05) is 84.5 Å². The van der Waals surface area contributed by atoms with E-state index in [1.165, 1.54) is 22.6 Å². The van der Waals surface area contributed by atoms with E-state index in [1.807, 2.05) is 48.5 Å². The second-order valence-corrected chi connectivity index (χ2v) is 20.9. The molecule has 0 bridgehead atoms. The number of fused-ring (bicyclic) bond motifs is 2. The molecule has 388 valence electrons. The quantitative estimate of drug-likeness (QED) is 0.0296. The summed E-state index contributed by atoms with van der Waals surface area (Å²) in [5, 5.41) is 7.84. The molecule has 0 fully saturated rings. The predicted octanol–water partition coefficient (Wildman–Crippen LogP) is 15.2. The largest absolute Gasteiger partial charge is 0.457 e. The van der Waals surface area contributed by atoms with Gasteiger partial charge >= 0.3 is 0 Å². The normalized spacial score (nSPS) is 14.0. The average molecular weight is 1030 g/mol. The smallest absolute Gasteiger partial charge is 0.266 e. The average Bonchev–Trinajstić information content (AvgIpc) is 2.69. The molecule has 12 nitrogen and oxygen atoms in total. The molecule has 13 rings (SSSR count). The number of carbonyl (C=O) groups excluding carboxylic acids is 4. The summed E-state index contributed by atoms with van der Waals surface area (Å²) in [5.74, 6) is 0.133. The van der Waals surface area contributed by atoms with Gasteiger partial charge in [-0.3, -0.25) is 19.2 Å². The Hall–Kier alpha value is -9.00. The van der Waals surface area contributed by atoms with E-state index < -0.39 is 23.6 Å². The van der Waals surface area contributed by atoms with Gasteiger partial charge in [0.25, 0.3) is 23.6 Å². The zero-order chi connectivity index (χ0) is 53.3. The first-order chi connectivity index (χ1) is 38.1. The lowest BCUT2D eigenvalue weighted by atomic mass is 9.82. The van der Waals surface area contributed by atoms with Gasteiger partial charge in [-0.15, -0.1) is 0 Å². The molecular formula is C66H57N5O7. The topological polar surface area (TPSA) is 158 Å². The number of nitrogens with two attached hydrogens (primary N) is 2. The third-order valence-electron chi connectivity index (χ3n) is 16.0. The predicted molar refractivity (Wildman–Crippen MR) is 311 cm³/mol. The summed E-state index contributed by atoms with van der Waals surface area (Å²) in [4.78, 5) is 64.0. The van der Waals surface area contributed by atoms with Crippen molar-refractivity contribution in [3.05, 3.63) is 173 Å². The highest BCUT2D eigenvalue weighted by molar-refractivity contribution is 6.44. The van der Waals surface area contributed by atoms with Crippen molar-refractivity contribution in [3.63, 3.8) is 0 Å². The summed E-state index contributed by atoms with van der Waals surface area (Å²) in [5.41, 5.74) is 18.6. The van der Waals surface area contributed by atoms with E-state index in [9.17, 15) is 14.4 Å². The molecule has 0 saturated carbocycles. The van der Waals surface area contributed by atoms with Crippen LogP contribution in [0.25, 0.3) is 53.9 Å². The molecule has 4 N–H and O–H groups in total.